The molecule has 8 nitrogen and oxygen atoms in total. The molecule has 3 heterocycles. The first-order valence-corrected chi connectivity index (χ1v) is 12.0. The lowest BCUT2D eigenvalue weighted by Crippen LogP contribution is -2.49. The predicted octanol–water partition coefficient (Wildman–Crippen LogP) is 3.34. The van der Waals surface area contributed by atoms with Crippen molar-refractivity contribution in [2.24, 2.45) is 0 Å². The second-order valence-electron chi connectivity index (χ2n) is 8.02. The van der Waals surface area contributed by atoms with Gasteiger partial charge in [0.25, 0.3) is 5.91 Å². The van der Waals surface area contributed by atoms with Crippen LogP contribution in [0, 0.1) is 6.92 Å². The first-order chi connectivity index (χ1) is 16.0. The summed E-state index contributed by atoms with van der Waals surface area (Å²) in [5.41, 5.74) is 2.39. The van der Waals surface area contributed by atoms with E-state index in [4.69, 9.17) is 0 Å². The molecule has 0 unspecified atom stereocenters. The molecule has 2 amide bonds. The molecule has 1 aliphatic rings. The first-order valence-electron chi connectivity index (χ1n) is 11.2. The molecule has 0 saturated carbocycles. The average Bonchev–Trinajstić information content (AvgIpc) is 3.21. The molecule has 172 valence electrons. The number of piperazine rings is 1. The van der Waals surface area contributed by atoms with Crippen LogP contribution in [0.4, 0.5) is 11.6 Å². The van der Waals surface area contributed by atoms with E-state index in [9.17, 15) is 9.59 Å². The third kappa shape index (κ3) is 5.73. The highest BCUT2D eigenvalue weighted by Gasteiger charge is 2.22. The lowest BCUT2D eigenvalue weighted by molar-refractivity contribution is -0.130. The van der Waals surface area contributed by atoms with Crippen molar-refractivity contribution in [3.8, 4) is 0 Å². The normalized spacial score (nSPS) is 13.8. The van der Waals surface area contributed by atoms with Gasteiger partial charge in [-0.15, -0.1) is 11.3 Å². The monoisotopic (exact) mass is 464 g/mol. The lowest BCUT2D eigenvalue weighted by atomic mass is 10.1. The number of benzene rings is 1. The first kappa shape index (κ1) is 22.8. The minimum Gasteiger partial charge on any atom is -0.339 e. The molecule has 1 saturated heterocycles. The van der Waals surface area contributed by atoms with E-state index in [1.54, 1.807) is 18.5 Å². The number of rotatable bonds is 7. The minimum atomic E-state index is -0.142. The van der Waals surface area contributed by atoms with E-state index in [1.165, 1.54) is 11.3 Å². The van der Waals surface area contributed by atoms with Gasteiger partial charge in [0.1, 0.15) is 4.88 Å². The van der Waals surface area contributed by atoms with Crippen LogP contribution in [0.1, 0.15) is 39.3 Å². The predicted molar refractivity (Wildman–Crippen MR) is 130 cm³/mol. The van der Waals surface area contributed by atoms with Gasteiger partial charge in [-0.25, -0.2) is 15.0 Å². The van der Waals surface area contributed by atoms with E-state index in [0.717, 1.165) is 42.2 Å². The van der Waals surface area contributed by atoms with Gasteiger partial charge in [-0.1, -0.05) is 19.1 Å². The maximum atomic E-state index is 12.8. The molecule has 1 fully saturated rings. The van der Waals surface area contributed by atoms with Gasteiger partial charge in [0.15, 0.2) is 0 Å². The van der Waals surface area contributed by atoms with Crippen LogP contribution in [0.2, 0.25) is 0 Å². The SMILES string of the molecule is CCCc1nc(C)c(C(=O)Nc2ccc(CC(=O)N3CCN(c4ncccn4)CC3)cc2)s1. The molecule has 1 aliphatic heterocycles. The van der Waals surface area contributed by atoms with E-state index in [0.29, 0.717) is 36.0 Å². The summed E-state index contributed by atoms with van der Waals surface area (Å²) in [6, 6.07) is 9.26. The van der Waals surface area contributed by atoms with Crippen LogP contribution in [0.25, 0.3) is 0 Å². The van der Waals surface area contributed by atoms with Crippen LogP contribution in [0.3, 0.4) is 0 Å². The van der Waals surface area contributed by atoms with Crippen LogP contribution in [-0.4, -0.2) is 57.8 Å². The topological polar surface area (TPSA) is 91.3 Å². The molecule has 0 bridgehead atoms. The van der Waals surface area contributed by atoms with Crippen molar-refractivity contribution in [2.45, 2.75) is 33.1 Å². The number of anilines is 2. The number of hydrogen-bond acceptors (Lipinski definition) is 7. The quantitative estimate of drug-likeness (QED) is 0.577. The zero-order chi connectivity index (χ0) is 23.2. The van der Waals surface area contributed by atoms with Crippen molar-refractivity contribution in [3.05, 3.63) is 63.9 Å². The second kappa shape index (κ2) is 10.5. The molecule has 9 heteroatoms. The number of carbonyl (C=O) groups is 2. The molecule has 0 aliphatic carbocycles. The maximum Gasteiger partial charge on any atom is 0.267 e. The fraction of sp³-hybridized carbons (Fsp3) is 0.375. The summed E-state index contributed by atoms with van der Waals surface area (Å²) in [5, 5.41) is 3.93. The summed E-state index contributed by atoms with van der Waals surface area (Å²) in [5.74, 6) is 0.665. The zero-order valence-corrected chi connectivity index (χ0v) is 19.8. The summed E-state index contributed by atoms with van der Waals surface area (Å²) in [4.78, 5) is 43.1. The Bertz CT molecular complexity index is 1090. The van der Waals surface area contributed by atoms with Gasteiger partial charge in [0, 0.05) is 44.3 Å². The summed E-state index contributed by atoms with van der Waals surface area (Å²) >= 11 is 1.45. The number of carbonyl (C=O) groups excluding carboxylic acids is 2. The van der Waals surface area contributed by atoms with Crippen molar-refractivity contribution >= 4 is 34.8 Å². The number of aromatic nitrogens is 3. The van der Waals surface area contributed by atoms with E-state index >= 15 is 0 Å². The largest absolute Gasteiger partial charge is 0.339 e. The van der Waals surface area contributed by atoms with Gasteiger partial charge < -0.3 is 15.1 Å². The van der Waals surface area contributed by atoms with Gasteiger partial charge in [-0.05, 0) is 43.5 Å². The third-order valence-corrected chi connectivity index (χ3v) is 6.76. The van der Waals surface area contributed by atoms with Crippen LogP contribution in [-0.2, 0) is 17.6 Å². The van der Waals surface area contributed by atoms with Gasteiger partial charge in [-0.2, -0.15) is 0 Å². The minimum absolute atomic E-state index is 0.101. The third-order valence-electron chi connectivity index (χ3n) is 5.55. The number of hydrogen-bond donors (Lipinski definition) is 1. The van der Waals surface area contributed by atoms with Crippen molar-refractivity contribution in [2.75, 3.05) is 36.4 Å². The molecule has 0 atom stereocenters. The van der Waals surface area contributed by atoms with Crippen molar-refractivity contribution in [1.29, 1.82) is 0 Å². The lowest BCUT2D eigenvalue weighted by Gasteiger charge is -2.34. The van der Waals surface area contributed by atoms with E-state index < -0.39 is 0 Å². The number of thiazole rings is 1. The zero-order valence-electron chi connectivity index (χ0n) is 19.0. The van der Waals surface area contributed by atoms with Crippen molar-refractivity contribution < 1.29 is 9.59 Å². The molecule has 3 aromatic rings. The summed E-state index contributed by atoms with van der Waals surface area (Å²) in [6.07, 6.45) is 5.69. The Balaban J connectivity index is 1.29. The Morgan fingerprint density at radius 3 is 2.42 bits per heavy atom. The molecule has 0 spiro atoms. The molecule has 33 heavy (non-hydrogen) atoms. The molecular formula is C24H28N6O2S. The Morgan fingerprint density at radius 2 is 1.76 bits per heavy atom. The second-order valence-corrected chi connectivity index (χ2v) is 9.10. The summed E-state index contributed by atoms with van der Waals surface area (Å²) in [7, 11) is 0. The van der Waals surface area contributed by atoms with Crippen LogP contribution < -0.4 is 10.2 Å². The van der Waals surface area contributed by atoms with E-state index in [1.807, 2.05) is 36.1 Å². The smallest absolute Gasteiger partial charge is 0.267 e. The molecule has 1 aromatic carbocycles. The summed E-state index contributed by atoms with van der Waals surface area (Å²) in [6.45, 7) is 6.71. The van der Waals surface area contributed by atoms with Crippen LogP contribution in [0.15, 0.2) is 42.7 Å². The van der Waals surface area contributed by atoms with Gasteiger partial charge in [-0.3, -0.25) is 9.59 Å². The summed E-state index contributed by atoms with van der Waals surface area (Å²) < 4.78 is 0. The van der Waals surface area contributed by atoms with Crippen LogP contribution >= 0.6 is 11.3 Å². The van der Waals surface area contributed by atoms with Gasteiger partial charge in [0.2, 0.25) is 11.9 Å². The van der Waals surface area contributed by atoms with Crippen molar-refractivity contribution in [3.63, 3.8) is 0 Å². The van der Waals surface area contributed by atoms with E-state index in [-0.39, 0.29) is 11.8 Å². The highest BCUT2D eigenvalue weighted by atomic mass is 32.1. The molecule has 4 rings (SSSR count). The number of nitrogens with zero attached hydrogens (tertiary/aromatic N) is 5. The number of amides is 2. The fourth-order valence-corrected chi connectivity index (χ4v) is 4.84. The molecule has 0 radical (unpaired) electrons. The van der Waals surface area contributed by atoms with Crippen molar-refractivity contribution in [1.82, 2.24) is 19.9 Å². The number of aryl methyl sites for hydroxylation is 2. The standard InChI is InChI=1S/C24H28N6O2S/c1-3-5-20-27-17(2)22(33-20)23(32)28-19-8-6-18(7-9-19)16-21(31)29-12-14-30(15-13-29)24-25-10-4-11-26-24/h4,6-11H,3,5,12-16H2,1-2H3,(H,28,32). The molecule has 2 aromatic heterocycles. The number of nitrogens with one attached hydrogen (secondary N) is 1. The van der Waals surface area contributed by atoms with Gasteiger partial charge in [0.05, 0.1) is 17.1 Å². The Kier molecular flexibility index (Phi) is 7.29. The Labute approximate surface area is 197 Å². The fourth-order valence-electron chi connectivity index (χ4n) is 3.77. The van der Waals surface area contributed by atoms with E-state index in [2.05, 4.69) is 32.1 Å². The Hall–Kier alpha value is -3.33. The highest BCUT2D eigenvalue weighted by molar-refractivity contribution is 7.13. The van der Waals surface area contributed by atoms with Crippen LogP contribution in [0.5, 0.6) is 0 Å². The maximum absolute atomic E-state index is 12.8. The average molecular weight is 465 g/mol. The van der Waals surface area contributed by atoms with Gasteiger partial charge >= 0.3 is 0 Å². The molecule has 1 N–H and O–H groups in total. The highest BCUT2D eigenvalue weighted by Crippen LogP contribution is 2.21. The molecular weight excluding hydrogens is 436 g/mol. The Morgan fingerprint density at radius 1 is 1.06 bits per heavy atom.